The van der Waals surface area contributed by atoms with Gasteiger partial charge in [0.25, 0.3) is 5.89 Å². The van der Waals surface area contributed by atoms with Crippen molar-refractivity contribution in [2.75, 3.05) is 0 Å². The Bertz CT molecular complexity index is 799. The molecule has 2 heterocycles. The molecule has 0 saturated carbocycles. The van der Waals surface area contributed by atoms with Gasteiger partial charge in [0.1, 0.15) is 0 Å². The molecular formula is C14H8FN3O3. The molecule has 0 aliphatic rings. The molecule has 0 unspecified atom stereocenters. The van der Waals surface area contributed by atoms with E-state index in [1.807, 2.05) is 0 Å². The van der Waals surface area contributed by atoms with Gasteiger partial charge in [0.05, 0.1) is 17.3 Å². The summed E-state index contributed by atoms with van der Waals surface area (Å²) in [6.45, 7) is 0. The normalized spacial score (nSPS) is 10.5. The maximum Gasteiger partial charge on any atom is 0.335 e. The lowest BCUT2D eigenvalue weighted by Gasteiger charge is -1.97. The molecule has 104 valence electrons. The quantitative estimate of drug-likeness (QED) is 0.795. The van der Waals surface area contributed by atoms with Crippen LogP contribution in [-0.4, -0.2) is 26.3 Å². The first-order valence-electron chi connectivity index (χ1n) is 5.92. The van der Waals surface area contributed by atoms with Gasteiger partial charge in [0.2, 0.25) is 5.89 Å². The molecule has 2 aromatic heterocycles. The molecule has 1 aromatic carbocycles. The zero-order chi connectivity index (χ0) is 14.8. The molecule has 0 atom stereocenters. The minimum absolute atomic E-state index is 0.0345. The molecule has 0 bridgehead atoms. The first-order chi connectivity index (χ1) is 10.1. The van der Waals surface area contributed by atoms with Gasteiger partial charge in [-0.25, -0.2) is 9.18 Å². The van der Waals surface area contributed by atoms with E-state index in [0.29, 0.717) is 5.56 Å². The molecule has 21 heavy (non-hydrogen) atoms. The Morgan fingerprint density at radius 3 is 2.48 bits per heavy atom. The predicted molar refractivity (Wildman–Crippen MR) is 69.9 cm³/mol. The average Bonchev–Trinajstić information content (AvgIpc) is 2.97. The topological polar surface area (TPSA) is 89.1 Å². The number of carboxylic acids is 1. The third-order valence-corrected chi connectivity index (χ3v) is 2.81. The molecule has 0 amide bonds. The number of halogens is 1. The molecule has 0 fully saturated rings. The lowest BCUT2D eigenvalue weighted by atomic mass is 10.1. The van der Waals surface area contributed by atoms with E-state index in [4.69, 9.17) is 9.52 Å². The molecule has 6 nitrogen and oxygen atoms in total. The Morgan fingerprint density at radius 1 is 1.10 bits per heavy atom. The molecule has 0 aliphatic carbocycles. The van der Waals surface area contributed by atoms with Crippen molar-refractivity contribution in [3.05, 3.63) is 54.1 Å². The fourth-order valence-corrected chi connectivity index (χ4v) is 1.75. The summed E-state index contributed by atoms with van der Waals surface area (Å²) in [6.07, 6.45) is 2.48. The van der Waals surface area contributed by atoms with E-state index in [9.17, 15) is 9.18 Å². The number of hydrogen-bond donors (Lipinski definition) is 1. The molecular weight excluding hydrogens is 277 g/mol. The molecule has 0 aliphatic heterocycles. The van der Waals surface area contributed by atoms with Crippen LogP contribution in [0.1, 0.15) is 10.4 Å². The second-order valence-corrected chi connectivity index (χ2v) is 4.15. The molecule has 0 saturated heterocycles. The predicted octanol–water partition coefficient (Wildman–Crippen LogP) is 2.64. The van der Waals surface area contributed by atoms with Crippen molar-refractivity contribution in [2.24, 2.45) is 0 Å². The van der Waals surface area contributed by atoms with E-state index in [1.54, 1.807) is 12.1 Å². The van der Waals surface area contributed by atoms with Crippen molar-refractivity contribution >= 4 is 5.97 Å². The third kappa shape index (κ3) is 2.48. The molecule has 7 heteroatoms. The maximum absolute atomic E-state index is 13.6. The highest BCUT2D eigenvalue weighted by molar-refractivity contribution is 5.88. The van der Waals surface area contributed by atoms with Gasteiger partial charge >= 0.3 is 5.97 Å². The summed E-state index contributed by atoms with van der Waals surface area (Å²) in [5.41, 5.74) is 0.859. The minimum Gasteiger partial charge on any atom is -0.478 e. The van der Waals surface area contributed by atoms with Gasteiger partial charge in [-0.15, -0.1) is 10.2 Å². The number of pyridine rings is 1. The van der Waals surface area contributed by atoms with Gasteiger partial charge in [-0.3, -0.25) is 4.98 Å². The number of carboxylic acid groups (broad SMARTS) is 1. The number of carbonyl (C=O) groups is 1. The molecule has 0 spiro atoms. The number of nitrogens with zero attached hydrogens (tertiary/aromatic N) is 3. The summed E-state index contributed by atoms with van der Waals surface area (Å²) in [5.74, 6) is -1.37. The summed E-state index contributed by atoms with van der Waals surface area (Å²) < 4.78 is 19.0. The maximum atomic E-state index is 13.6. The van der Waals surface area contributed by atoms with Gasteiger partial charge in [0, 0.05) is 11.8 Å². The third-order valence-electron chi connectivity index (χ3n) is 2.81. The van der Waals surface area contributed by atoms with Crippen LogP contribution in [0.4, 0.5) is 4.39 Å². The summed E-state index contributed by atoms with van der Waals surface area (Å²) in [5, 5.41) is 16.4. The highest BCUT2D eigenvalue weighted by Gasteiger charge is 2.14. The van der Waals surface area contributed by atoms with Crippen LogP contribution in [0.25, 0.3) is 22.9 Å². The first-order valence-corrected chi connectivity index (χ1v) is 5.92. The highest BCUT2D eigenvalue weighted by Crippen LogP contribution is 2.25. The number of benzene rings is 1. The second kappa shape index (κ2) is 5.12. The van der Waals surface area contributed by atoms with Gasteiger partial charge in [0.15, 0.2) is 5.82 Å². The van der Waals surface area contributed by atoms with Crippen LogP contribution < -0.4 is 0 Å². The smallest absolute Gasteiger partial charge is 0.335 e. The fourth-order valence-electron chi connectivity index (χ4n) is 1.75. The Morgan fingerprint density at radius 2 is 1.81 bits per heavy atom. The summed E-state index contributed by atoms with van der Waals surface area (Å²) in [7, 11) is 0. The van der Waals surface area contributed by atoms with Gasteiger partial charge in [-0.2, -0.15) is 0 Å². The number of aromatic carboxylic acids is 1. The summed E-state index contributed by atoms with van der Waals surface area (Å²) in [6, 6.07) is 7.37. The standard InChI is InChI=1S/C14H8FN3O3/c15-11-7-16-6-5-10(11)13-18-17-12(21-13)8-1-3-9(4-2-8)14(19)20/h1-7H,(H,19,20). The van der Waals surface area contributed by atoms with Crippen LogP contribution in [0.5, 0.6) is 0 Å². The first kappa shape index (κ1) is 12.9. The highest BCUT2D eigenvalue weighted by atomic mass is 19.1. The van der Waals surface area contributed by atoms with Crippen molar-refractivity contribution < 1.29 is 18.7 Å². The van der Waals surface area contributed by atoms with Crippen LogP contribution >= 0.6 is 0 Å². The zero-order valence-electron chi connectivity index (χ0n) is 10.5. The summed E-state index contributed by atoms with van der Waals surface area (Å²) in [4.78, 5) is 14.4. The number of rotatable bonds is 3. The van der Waals surface area contributed by atoms with E-state index in [2.05, 4.69) is 15.2 Å². The molecule has 3 aromatic rings. The van der Waals surface area contributed by atoms with Crippen LogP contribution in [0.2, 0.25) is 0 Å². The average molecular weight is 285 g/mol. The van der Waals surface area contributed by atoms with E-state index in [0.717, 1.165) is 6.20 Å². The van der Waals surface area contributed by atoms with Crippen LogP contribution in [-0.2, 0) is 0 Å². The van der Waals surface area contributed by atoms with E-state index in [1.165, 1.54) is 24.4 Å². The van der Waals surface area contributed by atoms with Crippen LogP contribution in [0.3, 0.4) is 0 Å². The Kier molecular flexibility index (Phi) is 3.15. The molecule has 3 rings (SSSR count). The number of aromatic nitrogens is 3. The molecule has 0 radical (unpaired) electrons. The second-order valence-electron chi connectivity index (χ2n) is 4.15. The van der Waals surface area contributed by atoms with Crippen molar-refractivity contribution in [3.8, 4) is 22.9 Å². The Hall–Kier alpha value is -3.09. The van der Waals surface area contributed by atoms with E-state index in [-0.39, 0.29) is 22.9 Å². The van der Waals surface area contributed by atoms with Crippen LogP contribution in [0.15, 0.2) is 47.1 Å². The van der Waals surface area contributed by atoms with Gasteiger partial charge < -0.3 is 9.52 Å². The zero-order valence-corrected chi connectivity index (χ0v) is 10.5. The number of hydrogen-bond acceptors (Lipinski definition) is 5. The van der Waals surface area contributed by atoms with Crippen LogP contribution in [0, 0.1) is 5.82 Å². The lowest BCUT2D eigenvalue weighted by Crippen LogP contribution is -1.94. The largest absolute Gasteiger partial charge is 0.478 e. The lowest BCUT2D eigenvalue weighted by molar-refractivity contribution is 0.0697. The van der Waals surface area contributed by atoms with E-state index < -0.39 is 11.8 Å². The van der Waals surface area contributed by atoms with Gasteiger partial charge in [-0.1, -0.05) is 0 Å². The van der Waals surface area contributed by atoms with Gasteiger partial charge in [-0.05, 0) is 30.3 Å². The van der Waals surface area contributed by atoms with Crippen molar-refractivity contribution in [2.45, 2.75) is 0 Å². The van der Waals surface area contributed by atoms with Crippen molar-refractivity contribution in [1.82, 2.24) is 15.2 Å². The Balaban J connectivity index is 1.95. The fraction of sp³-hybridized carbons (Fsp3) is 0. The SMILES string of the molecule is O=C(O)c1ccc(-c2nnc(-c3ccncc3F)o2)cc1. The molecule has 1 N–H and O–H groups in total. The summed E-state index contributed by atoms with van der Waals surface area (Å²) >= 11 is 0. The Labute approximate surface area is 117 Å². The monoisotopic (exact) mass is 285 g/mol. The van der Waals surface area contributed by atoms with Crippen molar-refractivity contribution in [3.63, 3.8) is 0 Å². The van der Waals surface area contributed by atoms with Crippen molar-refractivity contribution in [1.29, 1.82) is 0 Å². The minimum atomic E-state index is -1.02. The van der Waals surface area contributed by atoms with E-state index >= 15 is 0 Å².